The monoisotopic (exact) mass is 403 g/mol. The molecule has 0 radical (unpaired) electrons. The zero-order valence-electron chi connectivity index (χ0n) is 16.5. The van der Waals surface area contributed by atoms with E-state index in [1.54, 1.807) is 4.90 Å². The molecule has 1 N–H and O–H groups in total. The van der Waals surface area contributed by atoms with Crippen LogP contribution in [0.4, 0.5) is 23.0 Å². The number of rotatable bonds is 8. The van der Waals surface area contributed by atoms with Crippen LogP contribution in [0.5, 0.6) is 0 Å². The lowest BCUT2D eigenvalue weighted by Crippen LogP contribution is -2.24. The molecule has 11 heteroatoms. The molecule has 0 aliphatic carbocycles. The molecule has 1 aromatic heterocycles. The lowest BCUT2D eigenvalue weighted by Gasteiger charge is -2.20. The Morgan fingerprint density at radius 1 is 1.07 bits per heavy atom. The fourth-order valence-corrected chi connectivity index (χ4v) is 2.69. The molecule has 0 saturated carbocycles. The number of nitrogens with one attached hydrogen (secondary N) is 1. The Kier molecular flexibility index (Phi) is 7.01. The SMILES string of the molecule is CCN(CC)c1ncnc(Nc2cc(C(=O)OC)cc(C(=O)OC)c2)c1[N+](=O)[O-]. The van der Waals surface area contributed by atoms with Crippen LogP contribution in [0.25, 0.3) is 0 Å². The van der Waals surface area contributed by atoms with Crippen molar-refractivity contribution in [1.82, 2.24) is 9.97 Å². The Labute approximate surface area is 166 Å². The zero-order valence-corrected chi connectivity index (χ0v) is 16.5. The van der Waals surface area contributed by atoms with Gasteiger partial charge in [-0.25, -0.2) is 19.6 Å². The number of nitro groups is 1. The topological polar surface area (TPSA) is 137 Å². The summed E-state index contributed by atoms with van der Waals surface area (Å²) in [6.07, 6.45) is 1.20. The van der Waals surface area contributed by atoms with Gasteiger partial charge in [-0.2, -0.15) is 0 Å². The van der Waals surface area contributed by atoms with E-state index in [1.807, 2.05) is 13.8 Å². The third-order valence-electron chi connectivity index (χ3n) is 4.09. The van der Waals surface area contributed by atoms with Crippen LogP contribution in [0.15, 0.2) is 24.5 Å². The molecule has 0 saturated heterocycles. The maximum Gasteiger partial charge on any atom is 0.353 e. The van der Waals surface area contributed by atoms with Gasteiger partial charge in [0.05, 0.1) is 30.3 Å². The van der Waals surface area contributed by atoms with Crippen molar-refractivity contribution in [3.05, 3.63) is 45.8 Å². The minimum atomic E-state index is -0.681. The number of carbonyl (C=O) groups is 2. The Morgan fingerprint density at radius 3 is 2.07 bits per heavy atom. The third-order valence-corrected chi connectivity index (χ3v) is 4.09. The van der Waals surface area contributed by atoms with Crippen LogP contribution in [0.3, 0.4) is 0 Å². The van der Waals surface area contributed by atoms with Crippen molar-refractivity contribution in [2.24, 2.45) is 0 Å². The number of ether oxygens (including phenoxy) is 2. The lowest BCUT2D eigenvalue weighted by atomic mass is 10.1. The van der Waals surface area contributed by atoms with Gasteiger partial charge in [-0.05, 0) is 32.0 Å². The van der Waals surface area contributed by atoms with Crippen LogP contribution in [-0.2, 0) is 9.47 Å². The molecular formula is C18H21N5O6. The van der Waals surface area contributed by atoms with Crippen molar-refractivity contribution in [2.45, 2.75) is 13.8 Å². The van der Waals surface area contributed by atoms with Crippen LogP contribution >= 0.6 is 0 Å². The van der Waals surface area contributed by atoms with E-state index >= 15 is 0 Å². The van der Waals surface area contributed by atoms with Crippen LogP contribution in [0, 0.1) is 10.1 Å². The van der Waals surface area contributed by atoms with Crippen molar-refractivity contribution < 1.29 is 24.0 Å². The number of anilines is 3. The molecule has 2 rings (SSSR count). The summed E-state index contributed by atoms with van der Waals surface area (Å²) >= 11 is 0. The van der Waals surface area contributed by atoms with Gasteiger partial charge in [0, 0.05) is 18.8 Å². The number of esters is 2. The van der Waals surface area contributed by atoms with E-state index in [0.29, 0.717) is 13.1 Å². The maximum absolute atomic E-state index is 11.9. The maximum atomic E-state index is 11.9. The van der Waals surface area contributed by atoms with Gasteiger partial charge in [-0.15, -0.1) is 0 Å². The first kappa shape index (κ1) is 21.5. The van der Waals surface area contributed by atoms with Gasteiger partial charge in [0.25, 0.3) is 0 Å². The van der Waals surface area contributed by atoms with Crippen molar-refractivity contribution in [2.75, 3.05) is 37.5 Å². The van der Waals surface area contributed by atoms with Gasteiger partial charge in [-0.1, -0.05) is 0 Å². The Balaban J connectivity index is 2.58. The Hall–Kier alpha value is -3.76. The summed E-state index contributed by atoms with van der Waals surface area (Å²) in [6, 6.07) is 4.08. The molecule has 2 aromatic rings. The summed E-state index contributed by atoms with van der Waals surface area (Å²) in [5.41, 5.74) is 0.0389. The second-order valence-corrected chi connectivity index (χ2v) is 5.73. The average molecular weight is 403 g/mol. The highest BCUT2D eigenvalue weighted by Gasteiger charge is 2.26. The molecule has 154 valence electrons. The number of aromatic nitrogens is 2. The van der Waals surface area contributed by atoms with Gasteiger partial charge >= 0.3 is 17.6 Å². The highest BCUT2D eigenvalue weighted by molar-refractivity contribution is 5.97. The fourth-order valence-electron chi connectivity index (χ4n) is 2.69. The minimum Gasteiger partial charge on any atom is -0.465 e. The molecule has 1 aromatic carbocycles. The van der Waals surface area contributed by atoms with E-state index in [0.717, 1.165) is 0 Å². The summed E-state index contributed by atoms with van der Waals surface area (Å²) in [6.45, 7) is 4.73. The van der Waals surface area contributed by atoms with Crippen LogP contribution in [0.2, 0.25) is 0 Å². The molecule has 1 heterocycles. The Bertz CT molecular complexity index is 895. The van der Waals surface area contributed by atoms with E-state index in [2.05, 4.69) is 15.3 Å². The van der Waals surface area contributed by atoms with Gasteiger partial charge in [0.2, 0.25) is 11.6 Å². The summed E-state index contributed by atoms with van der Waals surface area (Å²) in [5.74, 6) is -1.28. The van der Waals surface area contributed by atoms with Crippen molar-refractivity contribution in [1.29, 1.82) is 0 Å². The molecule has 0 fully saturated rings. The molecule has 0 aliphatic heterocycles. The first-order valence-corrected chi connectivity index (χ1v) is 8.69. The van der Waals surface area contributed by atoms with E-state index in [-0.39, 0.29) is 34.1 Å². The van der Waals surface area contributed by atoms with E-state index in [4.69, 9.17) is 9.47 Å². The number of nitrogens with zero attached hydrogens (tertiary/aromatic N) is 4. The summed E-state index contributed by atoms with van der Waals surface area (Å²) < 4.78 is 9.38. The molecule has 0 aliphatic rings. The minimum absolute atomic E-state index is 0.0681. The quantitative estimate of drug-likeness (QED) is 0.397. The lowest BCUT2D eigenvalue weighted by molar-refractivity contribution is -0.383. The standard InChI is InChI=1S/C18H21N5O6/c1-5-22(6-2)16-14(23(26)27)15(19-10-20-16)21-13-8-11(17(24)28-3)7-12(9-13)18(25)29-4/h7-10H,5-6H2,1-4H3,(H,19,20,21). The fraction of sp³-hybridized carbons (Fsp3) is 0.333. The molecular weight excluding hydrogens is 382 g/mol. The zero-order chi connectivity index (χ0) is 21.6. The molecule has 0 bridgehead atoms. The number of benzene rings is 1. The second-order valence-electron chi connectivity index (χ2n) is 5.73. The van der Waals surface area contributed by atoms with Crippen molar-refractivity contribution in [3.8, 4) is 0 Å². The summed E-state index contributed by atoms with van der Waals surface area (Å²) in [7, 11) is 2.40. The Morgan fingerprint density at radius 2 is 1.62 bits per heavy atom. The summed E-state index contributed by atoms with van der Waals surface area (Å²) in [5, 5.41) is 14.5. The van der Waals surface area contributed by atoms with Crippen molar-refractivity contribution in [3.63, 3.8) is 0 Å². The van der Waals surface area contributed by atoms with E-state index in [9.17, 15) is 19.7 Å². The van der Waals surface area contributed by atoms with Gasteiger partial charge in [0.15, 0.2) is 0 Å². The van der Waals surface area contributed by atoms with Gasteiger partial charge < -0.3 is 19.7 Å². The molecule has 0 unspecified atom stereocenters. The number of methoxy groups -OCH3 is 2. The molecule has 0 spiro atoms. The predicted molar refractivity (Wildman–Crippen MR) is 105 cm³/mol. The first-order valence-electron chi connectivity index (χ1n) is 8.69. The largest absolute Gasteiger partial charge is 0.465 e. The van der Waals surface area contributed by atoms with Crippen LogP contribution in [0.1, 0.15) is 34.6 Å². The normalized spacial score (nSPS) is 10.2. The molecule has 0 amide bonds. The van der Waals surface area contributed by atoms with Crippen molar-refractivity contribution >= 4 is 34.9 Å². The number of hydrogen-bond donors (Lipinski definition) is 1. The highest BCUT2D eigenvalue weighted by atomic mass is 16.6. The molecule has 0 atom stereocenters. The van der Waals surface area contributed by atoms with Gasteiger partial charge in [-0.3, -0.25) is 10.1 Å². The number of carbonyl (C=O) groups excluding carboxylic acids is 2. The third kappa shape index (κ3) is 4.75. The average Bonchev–Trinajstić information content (AvgIpc) is 2.73. The van der Waals surface area contributed by atoms with Gasteiger partial charge in [0.1, 0.15) is 6.33 Å². The highest BCUT2D eigenvalue weighted by Crippen LogP contribution is 2.33. The van der Waals surface area contributed by atoms with E-state index < -0.39 is 16.9 Å². The molecule has 11 nitrogen and oxygen atoms in total. The second kappa shape index (κ2) is 9.44. The van der Waals surface area contributed by atoms with E-state index in [1.165, 1.54) is 38.7 Å². The smallest absolute Gasteiger partial charge is 0.353 e. The number of hydrogen-bond acceptors (Lipinski definition) is 10. The van der Waals surface area contributed by atoms with Crippen LogP contribution in [-0.4, -0.2) is 54.1 Å². The molecule has 29 heavy (non-hydrogen) atoms. The van der Waals surface area contributed by atoms with Crippen LogP contribution < -0.4 is 10.2 Å². The predicted octanol–water partition coefficient (Wildman–Crippen LogP) is 2.55. The summed E-state index contributed by atoms with van der Waals surface area (Å²) in [4.78, 5) is 44.7. The first-order chi connectivity index (χ1) is 13.9.